The van der Waals surface area contributed by atoms with Crippen molar-refractivity contribution in [2.24, 2.45) is 0 Å². The van der Waals surface area contributed by atoms with E-state index in [1.165, 1.54) is 0 Å². The fraction of sp³-hybridized carbons (Fsp3) is 0.333. The molecule has 0 saturated carbocycles. The van der Waals surface area contributed by atoms with Crippen LogP contribution in [0.5, 0.6) is 0 Å². The molecule has 2 N–H and O–H groups in total. The Morgan fingerprint density at radius 1 is 1.25 bits per heavy atom. The fourth-order valence-electron chi connectivity index (χ4n) is 1.19. The monoisotopic (exact) mass is 219 g/mol. The van der Waals surface area contributed by atoms with Gasteiger partial charge in [0.25, 0.3) is 5.95 Å². The summed E-state index contributed by atoms with van der Waals surface area (Å²) in [5.41, 5.74) is 6.64. The molecule has 7 heteroatoms. The molecule has 0 amide bonds. The highest BCUT2D eigenvalue weighted by Crippen LogP contribution is 2.09. The molecule has 0 atom stereocenters. The summed E-state index contributed by atoms with van der Waals surface area (Å²) < 4.78 is 1.57. The van der Waals surface area contributed by atoms with Gasteiger partial charge >= 0.3 is 0 Å². The lowest BCUT2D eigenvalue weighted by atomic mass is 10.4. The first-order valence-corrected chi connectivity index (χ1v) is 4.77. The number of rotatable bonds is 2. The molecular formula is C9H13N7. The molecule has 0 aromatic carbocycles. The average molecular weight is 219 g/mol. The first-order valence-electron chi connectivity index (χ1n) is 4.77. The third-order valence-corrected chi connectivity index (χ3v) is 1.95. The number of nitrogens with two attached hydrogens (primary N) is 1. The van der Waals surface area contributed by atoms with Crippen molar-refractivity contribution in [3.05, 3.63) is 18.0 Å². The van der Waals surface area contributed by atoms with E-state index in [1.54, 1.807) is 15.8 Å². The van der Waals surface area contributed by atoms with Crippen LogP contribution in [0.3, 0.4) is 0 Å². The molecule has 0 spiro atoms. The van der Waals surface area contributed by atoms with Crippen molar-refractivity contribution in [2.45, 2.75) is 6.92 Å². The van der Waals surface area contributed by atoms with Crippen LogP contribution in [-0.2, 0) is 0 Å². The van der Waals surface area contributed by atoms with Crippen LogP contribution in [0.1, 0.15) is 5.56 Å². The van der Waals surface area contributed by atoms with Crippen molar-refractivity contribution < 1.29 is 0 Å². The highest BCUT2D eigenvalue weighted by Gasteiger charge is 2.08. The first-order chi connectivity index (χ1) is 7.56. The Labute approximate surface area is 92.9 Å². The van der Waals surface area contributed by atoms with Crippen LogP contribution in [0.25, 0.3) is 5.95 Å². The van der Waals surface area contributed by atoms with E-state index in [1.807, 2.05) is 27.2 Å². The Bertz CT molecular complexity index is 502. The topological polar surface area (TPSA) is 85.8 Å². The van der Waals surface area contributed by atoms with Gasteiger partial charge in [0.05, 0.1) is 6.20 Å². The molecule has 0 bridgehead atoms. The number of hydrogen-bond donors (Lipinski definition) is 1. The molecule has 0 saturated heterocycles. The van der Waals surface area contributed by atoms with Crippen molar-refractivity contribution in [3.8, 4) is 5.95 Å². The van der Waals surface area contributed by atoms with Crippen molar-refractivity contribution in [2.75, 3.05) is 24.7 Å². The average Bonchev–Trinajstić information content (AvgIpc) is 2.64. The van der Waals surface area contributed by atoms with Crippen LogP contribution < -0.4 is 10.6 Å². The molecule has 0 aliphatic carbocycles. The van der Waals surface area contributed by atoms with Gasteiger partial charge in [-0.05, 0) is 12.5 Å². The van der Waals surface area contributed by atoms with E-state index in [0.29, 0.717) is 11.9 Å². The summed E-state index contributed by atoms with van der Waals surface area (Å²) in [6.45, 7) is 1.95. The van der Waals surface area contributed by atoms with Gasteiger partial charge in [0.15, 0.2) is 0 Å². The maximum absolute atomic E-state index is 5.61. The van der Waals surface area contributed by atoms with Gasteiger partial charge in [-0.1, -0.05) is 0 Å². The van der Waals surface area contributed by atoms with Gasteiger partial charge in [0.1, 0.15) is 0 Å². The fourth-order valence-corrected chi connectivity index (χ4v) is 1.19. The molecule has 16 heavy (non-hydrogen) atoms. The summed E-state index contributed by atoms with van der Waals surface area (Å²) in [5.74, 6) is 1.11. The second kappa shape index (κ2) is 3.76. The highest BCUT2D eigenvalue weighted by molar-refractivity contribution is 5.36. The Kier molecular flexibility index (Phi) is 2.43. The Hall–Kier alpha value is -2.18. The van der Waals surface area contributed by atoms with E-state index in [4.69, 9.17) is 5.73 Å². The molecule has 7 nitrogen and oxygen atoms in total. The second-order valence-corrected chi connectivity index (χ2v) is 3.65. The van der Waals surface area contributed by atoms with Crippen molar-refractivity contribution in [1.82, 2.24) is 24.7 Å². The molecule has 0 radical (unpaired) electrons. The van der Waals surface area contributed by atoms with Crippen molar-refractivity contribution in [3.63, 3.8) is 0 Å². The molecule has 2 rings (SSSR count). The molecule has 84 valence electrons. The minimum absolute atomic E-state index is 0.182. The summed E-state index contributed by atoms with van der Waals surface area (Å²) in [6.07, 6.45) is 3.56. The van der Waals surface area contributed by atoms with E-state index < -0.39 is 0 Å². The number of aromatic nitrogens is 5. The molecule has 0 fully saturated rings. The summed E-state index contributed by atoms with van der Waals surface area (Å²) in [4.78, 5) is 14.0. The SMILES string of the molecule is Cc1cnn(-c2nc(N)nc(N(C)C)n2)c1. The molecule has 2 aromatic heterocycles. The second-order valence-electron chi connectivity index (χ2n) is 3.65. The lowest BCUT2D eigenvalue weighted by Gasteiger charge is -2.10. The number of aryl methyl sites for hydroxylation is 1. The largest absolute Gasteiger partial charge is 0.368 e. The lowest BCUT2D eigenvalue weighted by molar-refractivity contribution is 0.792. The Morgan fingerprint density at radius 2 is 2.00 bits per heavy atom. The van der Waals surface area contributed by atoms with Gasteiger partial charge in [-0.2, -0.15) is 20.1 Å². The van der Waals surface area contributed by atoms with Gasteiger partial charge in [0.2, 0.25) is 11.9 Å². The van der Waals surface area contributed by atoms with E-state index in [2.05, 4.69) is 20.1 Å². The molecule has 0 unspecified atom stereocenters. The van der Waals surface area contributed by atoms with E-state index in [9.17, 15) is 0 Å². The van der Waals surface area contributed by atoms with Gasteiger partial charge in [0, 0.05) is 20.3 Å². The molecule has 2 aromatic rings. The minimum atomic E-state index is 0.182. The van der Waals surface area contributed by atoms with Crippen LogP contribution in [0, 0.1) is 6.92 Å². The van der Waals surface area contributed by atoms with Gasteiger partial charge in [-0.3, -0.25) is 0 Å². The lowest BCUT2D eigenvalue weighted by Crippen LogP contribution is -2.16. The maximum atomic E-state index is 5.61. The van der Waals surface area contributed by atoms with E-state index in [0.717, 1.165) is 5.56 Å². The van der Waals surface area contributed by atoms with Crippen LogP contribution >= 0.6 is 0 Å². The minimum Gasteiger partial charge on any atom is -0.368 e. The number of hydrogen-bond acceptors (Lipinski definition) is 6. The zero-order valence-corrected chi connectivity index (χ0v) is 9.42. The van der Waals surface area contributed by atoms with Crippen molar-refractivity contribution >= 4 is 11.9 Å². The molecule has 0 aliphatic rings. The van der Waals surface area contributed by atoms with Crippen LogP contribution in [-0.4, -0.2) is 38.8 Å². The normalized spacial score (nSPS) is 10.4. The maximum Gasteiger partial charge on any atom is 0.257 e. The zero-order valence-electron chi connectivity index (χ0n) is 9.42. The van der Waals surface area contributed by atoms with Crippen LogP contribution in [0.4, 0.5) is 11.9 Å². The molecular weight excluding hydrogens is 206 g/mol. The Morgan fingerprint density at radius 3 is 2.56 bits per heavy atom. The standard InChI is InChI=1S/C9H13N7/c1-6-4-11-16(5-6)9-13-7(10)12-8(14-9)15(2)3/h4-5H,1-3H3,(H2,10,12,13,14). The predicted octanol–water partition coefficient (Wildman–Crippen LogP) is 0.0139. The third kappa shape index (κ3) is 1.92. The summed E-state index contributed by atoms with van der Waals surface area (Å²) >= 11 is 0. The zero-order chi connectivity index (χ0) is 11.7. The van der Waals surface area contributed by atoms with Gasteiger partial charge in [-0.15, -0.1) is 0 Å². The van der Waals surface area contributed by atoms with E-state index in [-0.39, 0.29) is 5.95 Å². The summed E-state index contributed by atoms with van der Waals surface area (Å²) in [7, 11) is 3.68. The summed E-state index contributed by atoms with van der Waals surface area (Å²) in [5, 5.41) is 4.12. The van der Waals surface area contributed by atoms with Gasteiger partial charge in [-0.25, -0.2) is 4.68 Å². The third-order valence-electron chi connectivity index (χ3n) is 1.95. The molecule has 2 heterocycles. The van der Waals surface area contributed by atoms with Gasteiger partial charge < -0.3 is 10.6 Å². The Balaban J connectivity index is 2.49. The van der Waals surface area contributed by atoms with Crippen LogP contribution in [0.2, 0.25) is 0 Å². The molecule has 0 aliphatic heterocycles. The van der Waals surface area contributed by atoms with E-state index >= 15 is 0 Å². The summed E-state index contributed by atoms with van der Waals surface area (Å²) in [6, 6.07) is 0. The quantitative estimate of drug-likeness (QED) is 0.766. The smallest absolute Gasteiger partial charge is 0.257 e. The van der Waals surface area contributed by atoms with Crippen molar-refractivity contribution in [1.29, 1.82) is 0 Å². The number of anilines is 2. The highest BCUT2D eigenvalue weighted by atomic mass is 15.4. The van der Waals surface area contributed by atoms with Crippen LogP contribution in [0.15, 0.2) is 12.4 Å². The number of nitrogen functional groups attached to an aromatic ring is 1. The number of nitrogens with zero attached hydrogens (tertiary/aromatic N) is 6. The predicted molar refractivity (Wildman–Crippen MR) is 60.4 cm³/mol. The first kappa shape index (κ1) is 10.3.